The molecule has 2 rings (SSSR count). The van der Waals surface area contributed by atoms with Crippen LogP contribution >= 0.6 is 0 Å². The standard InChI is InChI=1S/C18H25NO5S/c1-2-12-24-18(21)14-7-9-15(10-8-14)19-17(20)11-13-25(22,23)16-5-3-4-6-16/h7-10,16H,2-6,11-13H2,1H3,(H,19,20). The Kier molecular flexibility index (Phi) is 6.99. The van der Waals surface area contributed by atoms with Gasteiger partial charge in [-0.2, -0.15) is 0 Å². The average molecular weight is 367 g/mol. The smallest absolute Gasteiger partial charge is 0.338 e. The van der Waals surface area contributed by atoms with Crippen molar-refractivity contribution >= 4 is 27.4 Å². The van der Waals surface area contributed by atoms with E-state index in [-0.39, 0.29) is 23.3 Å². The van der Waals surface area contributed by atoms with Gasteiger partial charge in [0.2, 0.25) is 5.91 Å². The highest BCUT2D eigenvalue weighted by Gasteiger charge is 2.28. The third-order valence-electron chi connectivity index (χ3n) is 4.27. The van der Waals surface area contributed by atoms with Gasteiger partial charge in [0.1, 0.15) is 0 Å². The van der Waals surface area contributed by atoms with Crippen molar-refractivity contribution in [3.8, 4) is 0 Å². The molecule has 1 fully saturated rings. The molecule has 0 radical (unpaired) electrons. The number of sulfone groups is 1. The summed E-state index contributed by atoms with van der Waals surface area (Å²) < 4.78 is 29.4. The first-order chi connectivity index (χ1) is 11.9. The number of rotatable bonds is 8. The van der Waals surface area contributed by atoms with Gasteiger partial charge in [-0.25, -0.2) is 13.2 Å². The van der Waals surface area contributed by atoms with Crippen molar-refractivity contribution in [1.29, 1.82) is 0 Å². The number of nitrogens with one attached hydrogen (secondary N) is 1. The van der Waals surface area contributed by atoms with Gasteiger partial charge in [0, 0.05) is 12.1 Å². The third-order valence-corrected chi connectivity index (χ3v) is 6.53. The Morgan fingerprint density at radius 2 is 1.80 bits per heavy atom. The molecular weight excluding hydrogens is 342 g/mol. The number of carbonyl (C=O) groups excluding carboxylic acids is 2. The molecule has 1 aromatic carbocycles. The van der Waals surface area contributed by atoms with Crippen LogP contribution in [0.15, 0.2) is 24.3 Å². The maximum absolute atomic E-state index is 12.2. The fraction of sp³-hybridized carbons (Fsp3) is 0.556. The molecule has 0 unspecified atom stereocenters. The van der Waals surface area contributed by atoms with E-state index in [0.717, 1.165) is 19.3 Å². The molecule has 0 bridgehead atoms. The summed E-state index contributed by atoms with van der Waals surface area (Å²) in [4.78, 5) is 23.7. The molecule has 1 amide bonds. The van der Waals surface area contributed by atoms with Crippen molar-refractivity contribution in [2.24, 2.45) is 0 Å². The quantitative estimate of drug-likeness (QED) is 0.714. The van der Waals surface area contributed by atoms with E-state index >= 15 is 0 Å². The predicted molar refractivity (Wildman–Crippen MR) is 96.3 cm³/mol. The second-order valence-electron chi connectivity index (χ2n) is 6.28. The molecule has 0 atom stereocenters. The summed E-state index contributed by atoms with van der Waals surface area (Å²) in [6.45, 7) is 2.28. The lowest BCUT2D eigenvalue weighted by atomic mass is 10.2. The van der Waals surface area contributed by atoms with E-state index in [4.69, 9.17) is 4.74 Å². The zero-order valence-electron chi connectivity index (χ0n) is 14.5. The molecule has 0 saturated heterocycles. The molecule has 0 aromatic heterocycles. The van der Waals surface area contributed by atoms with Crippen LogP contribution in [0.5, 0.6) is 0 Å². The van der Waals surface area contributed by atoms with E-state index in [1.54, 1.807) is 24.3 Å². The SMILES string of the molecule is CCCOC(=O)c1ccc(NC(=O)CCS(=O)(=O)C2CCCC2)cc1. The molecule has 1 aliphatic rings. The van der Waals surface area contributed by atoms with Gasteiger partial charge in [0.15, 0.2) is 9.84 Å². The minimum atomic E-state index is -3.20. The van der Waals surface area contributed by atoms with Crippen molar-refractivity contribution in [1.82, 2.24) is 0 Å². The molecule has 1 saturated carbocycles. The van der Waals surface area contributed by atoms with Crippen molar-refractivity contribution in [2.75, 3.05) is 17.7 Å². The topological polar surface area (TPSA) is 89.5 Å². The molecular formula is C18H25NO5S. The summed E-state index contributed by atoms with van der Waals surface area (Å²) in [5.41, 5.74) is 0.936. The lowest BCUT2D eigenvalue weighted by Crippen LogP contribution is -2.24. The summed E-state index contributed by atoms with van der Waals surface area (Å²) in [7, 11) is -3.20. The van der Waals surface area contributed by atoms with Crippen LogP contribution in [0.1, 0.15) is 55.8 Å². The highest BCUT2D eigenvalue weighted by molar-refractivity contribution is 7.92. The summed E-state index contributed by atoms with van der Waals surface area (Å²) in [5.74, 6) is -0.865. The van der Waals surface area contributed by atoms with Crippen LogP contribution in [0, 0.1) is 0 Å². The van der Waals surface area contributed by atoms with E-state index < -0.39 is 15.8 Å². The second-order valence-corrected chi connectivity index (χ2v) is 8.69. The van der Waals surface area contributed by atoms with Gasteiger partial charge >= 0.3 is 5.97 Å². The number of esters is 1. The number of carbonyl (C=O) groups is 2. The van der Waals surface area contributed by atoms with Gasteiger partial charge in [-0.1, -0.05) is 19.8 Å². The van der Waals surface area contributed by atoms with Crippen LogP contribution in [0.4, 0.5) is 5.69 Å². The normalized spacial score (nSPS) is 15.1. The van der Waals surface area contributed by atoms with Crippen LogP contribution in [-0.2, 0) is 19.4 Å². The van der Waals surface area contributed by atoms with Gasteiger partial charge in [-0.15, -0.1) is 0 Å². The van der Waals surface area contributed by atoms with Gasteiger partial charge in [0.25, 0.3) is 0 Å². The van der Waals surface area contributed by atoms with Crippen molar-refractivity contribution in [2.45, 2.75) is 50.7 Å². The van der Waals surface area contributed by atoms with Gasteiger partial charge in [0.05, 0.1) is 23.2 Å². The molecule has 7 heteroatoms. The van der Waals surface area contributed by atoms with E-state index in [1.807, 2.05) is 6.92 Å². The molecule has 0 heterocycles. The number of anilines is 1. The fourth-order valence-corrected chi connectivity index (χ4v) is 4.70. The van der Waals surface area contributed by atoms with E-state index in [1.165, 1.54) is 0 Å². The maximum atomic E-state index is 12.2. The van der Waals surface area contributed by atoms with Gasteiger partial charge in [-0.05, 0) is 43.5 Å². The Labute approximate surface area is 148 Å². The third kappa shape index (κ3) is 5.85. The molecule has 0 aliphatic heterocycles. The zero-order valence-corrected chi connectivity index (χ0v) is 15.3. The first kappa shape index (κ1) is 19.4. The Morgan fingerprint density at radius 1 is 1.16 bits per heavy atom. The summed E-state index contributed by atoms with van der Waals surface area (Å²) >= 11 is 0. The average Bonchev–Trinajstić information content (AvgIpc) is 3.14. The van der Waals surface area contributed by atoms with Crippen LogP contribution in [0.25, 0.3) is 0 Å². The lowest BCUT2D eigenvalue weighted by molar-refractivity contribution is -0.115. The monoisotopic (exact) mass is 367 g/mol. The maximum Gasteiger partial charge on any atom is 0.338 e. The number of hydrogen-bond donors (Lipinski definition) is 1. The van der Waals surface area contributed by atoms with Crippen LogP contribution < -0.4 is 5.32 Å². The van der Waals surface area contributed by atoms with Crippen LogP contribution in [0.3, 0.4) is 0 Å². The number of ether oxygens (including phenoxy) is 1. The molecule has 25 heavy (non-hydrogen) atoms. The number of amides is 1. The summed E-state index contributed by atoms with van der Waals surface area (Å²) in [6.07, 6.45) is 4.01. The molecule has 138 valence electrons. The molecule has 0 spiro atoms. The van der Waals surface area contributed by atoms with Crippen molar-refractivity contribution in [3.63, 3.8) is 0 Å². The highest BCUT2D eigenvalue weighted by Crippen LogP contribution is 2.25. The zero-order chi connectivity index (χ0) is 18.3. The minimum Gasteiger partial charge on any atom is -0.462 e. The van der Waals surface area contributed by atoms with E-state index in [2.05, 4.69) is 5.32 Å². The Morgan fingerprint density at radius 3 is 2.40 bits per heavy atom. The van der Waals surface area contributed by atoms with Crippen LogP contribution in [-0.4, -0.2) is 37.9 Å². The molecule has 6 nitrogen and oxygen atoms in total. The Balaban J connectivity index is 1.83. The fourth-order valence-electron chi connectivity index (χ4n) is 2.84. The first-order valence-electron chi connectivity index (χ1n) is 8.71. The molecule has 1 aromatic rings. The number of hydrogen-bond acceptors (Lipinski definition) is 5. The lowest BCUT2D eigenvalue weighted by Gasteiger charge is -2.11. The number of benzene rings is 1. The Hall–Kier alpha value is -1.89. The molecule has 1 aliphatic carbocycles. The van der Waals surface area contributed by atoms with Crippen LogP contribution in [0.2, 0.25) is 0 Å². The summed E-state index contributed by atoms with van der Waals surface area (Å²) in [6, 6.07) is 6.35. The van der Waals surface area contributed by atoms with Gasteiger partial charge < -0.3 is 10.1 Å². The van der Waals surface area contributed by atoms with Crippen molar-refractivity contribution in [3.05, 3.63) is 29.8 Å². The highest BCUT2D eigenvalue weighted by atomic mass is 32.2. The van der Waals surface area contributed by atoms with E-state index in [0.29, 0.717) is 30.7 Å². The minimum absolute atomic E-state index is 0.0564. The largest absolute Gasteiger partial charge is 0.462 e. The van der Waals surface area contributed by atoms with Crippen molar-refractivity contribution < 1.29 is 22.7 Å². The van der Waals surface area contributed by atoms with E-state index in [9.17, 15) is 18.0 Å². The summed E-state index contributed by atoms with van der Waals surface area (Å²) in [5, 5.41) is 2.38. The molecule has 1 N–H and O–H groups in total. The Bertz CT molecular complexity index is 691. The van der Waals surface area contributed by atoms with Gasteiger partial charge in [-0.3, -0.25) is 4.79 Å². The predicted octanol–water partition coefficient (Wildman–Crippen LogP) is 2.94. The second kappa shape index (κ2) is 8.99. The first-order valence-corrected chi connectivity index (χ1v) is 10.4.